The summed E-state index contributed by atoms with van der Waals surface area (Å²) in [6.07, 6.45) is 3.03. The topological polar surface area (TPSA) is 80.1 Å². The molecule has 1 aliphatic heterocycles. The Labute approximate surface area is 193 Å². The average molecular weight is 466 g/mol. The van der Waals surface area contributed by atoms with Gasteiger partial charge in [0.05, 0.1) is 34.4 Å². The van der Waals surface area contributed by atoms with Gasteiger partial charge < -0.3 is 10.2 Å². The molecule has 1 saturated heterocycles. The largest absolute Gasteiger partial charge is 0.321 e. The second kappa shape index (κ2) is 8.37. The number of benzene rings is 1. The molecule has 0 spiro atoms. The molecule has 32 heavy (non-hydrogen) atoms. The van der Waals surface area contributed by atoms with E-state index < -0.39 is 0 Å². The summed E-state index contributed by atoms with van der Waals surface area (Å²) >= 11 is 8.01. The van der Waals surface area contributed by atoms with Crippen molar-refractivity contribution in [3.05, 3.63) is 69.1 Å². The van der Waals surface area contributed by atoms with Gasteiger partial charge in [-0.15, -0.1) is 11.3 Å². The Hall–Kier alpha value is -3.23. The van der Waals surface area contributed by atoms with Crippen molar-refractivity contribution in [3.8, 4) is 0 Å². The van der Waals surface area contributed by atoms with E-state index in [2.05, 4.69) is 15.4 Å². The van der Waals surface area contributed by atoms with Crippen LogP contribution in [0.15, 0.2) is 48.0 Å². The molecule has 1 N–H and O–H groups in total. The molecule has 9 heteroatoms. The Morgan fingerprint density at radius 1 is 1.28 bits per heavy atom. The fraction of sp³-hybridized carbons (Fsp3) is 0.217. The minimum atomic E-state index is -0.303. The molecule has 0 aliphatic carbocycles. The quantitative estimate of drug-likeness (QED) is 0.455. The summed E-state index contributed by atoms with van der Waals surface area (Å²) in [6, 6.07) is 11.0. The predicted molar refractivity (Wildman–Crippen MR) is 127 cm³/mol. The predicted octanol–water partition coefficient (Wildman–Crippen LogP) is 4.88. The number of carbonyl (C=O) groups is 2. The molecule has 1 aliphatic rings. The van der Waals surface area contributed by atoms with Crippen LogP contribution < -0.4 is 10.2 Å². The van der Waals surface area contributed by atoms with Gasteiger partial charge in [0.25, 0.3) is 5.91 Å². The van der Waals surface area contributed by atoms with Crippen LogP contribution in [0.5, 0.6) is 0 Å². The molecule has 2 amide bonds. The van der Waals surface area contributed by atoms with E-state index in [4.69, 9.17) is 11.6 Å². The monoisotopic (exact) mass is 465 g/mol. The highest BCUT2D eigenvalue weighted by Gasteiger charge is 2.23. The summed E-state index contributed by atoms with van der Waals surface area (Å²) in [7, 11) is 0. The number of halogens is 1. The van der Waals surface area contributed by atoms with Gasteiger partial charge in [-0.05, 0) is 49.1 Å². The van der Waals surface area contributed by atoms with E-state index >= 15 is 0 Å². The molecule has 1 fully saturated rings. The van der Waals surface area contributed by atoms with Crippen LogP contribution in [0.3, 0.4) is 0 Å². The summed E-state index contributed by atoms with van der Waals surface area (Å²) in [5, 5.41) is 10.5. The summed E-state index contributed by atoms with van der Waals surface area (Å²) < 4.78 is 1.80. The second-order valence-corrected chi connectivity index (χ2v) is 9.14. The highest BCUT2D eigenvalue weighted by molar-refractivity contribution is 7.09. The van der Waals surface area contributed by atoms with Crippen LogP contribution in [0, 0.1) is 6.92 Å². The summed E-state index contributed by atoms with van der Waals surface area (Å²) in [5.41, 5.74) is 3.04. The van der Waals surface area contributed by atoms with Gasteiger partial charge in [0.15, 0.2) is 5.65 Å². The molecule has 3 aromatic heterocycles. The normalized spacial score (nSPS) is 13.8. The lowest BCUT2D eigenvalue weighted by molar-refractivity contribution is -0.117. The van der Waals surface area contributed by atoms with Crippen LogP contribution in [0.25, 0.3) is 11.0 Å². The van der Waals surface area contributed by atoms with Crippen molar-refractivity contribution in [2.45, 2.75) is 26.3 Å². The minimum absolute atomic E-state index is 0.0780. The first-order valence-electron chi connectivity index (χ1n) is 10.3. The molecular formula is C23H20ClN5O2S. The number of carbonyl (C=O) groups excluding carboxylic acids is 2. The molecule has 4 aromatic rings. The number of nitrogens with one attached hydrogen (secondary N) is 1. The zero-order chi connectivity index (χ0) is 22.2. The Morgan fingerprint density at radius 3 is 2.91 bits per heavy atom. The van der Waals surface area contributed by atoms with E-state index in [0.29, 0.717) is 46.8 Å². The van der Waals surface area contributed by atoms with Gasteiger partial charge in [0.2, 0.25) is 5.91 Å². The Balaban J connectivity index is 1.46. The van der Waals surface area contributed by atoms with Crippen LogP contribution in [-0.4, -0.2) is 33.1 Å². The fourth-order valence-electron chi connectivity index (χ4n) is 3.91. The Kier molecular flexibility index (Phi) is 5.40. The number of hydrogen-bond donors (Lipinski definition) is 1. The van der Waals surface area contributed by atoms with Crippen molar-refractivity contribution in [1.82, 2.24) is 14.8 Å². The highest BCUT2D eigenvalue weighted by atomic mass is 35.5. The van der Waals surface area contributed by atoms with Gasteiger partial charge in [-0.1, -0.05) is 17.7 Å². The molecular weight excluding hydrogens is 446 g/mol. The van der Waals surface area contributed by atoms with E-state index in [1.54, 1.807) is 51.4 Å². The van der Waals surface area contributed by atoms with E-state index in [0.717, 1.165) is 22.7 Å². The SMILES string of the molecule is Cc1cc(C(=O)Nc2cc(N3CCCC3=O)ccc2Cl)c2cnn(Cc3cccs3)c2n1. The highest BCUT2D eigenvalue weighted by Crippen LogP contribution is 2.31. The van der Waals surface area contributed by atoms with Gasteiger partial charge in [0.1, 0.15) is 0 Å². The van der Waals surface area contributed by atoms with Gasteiger partial charge in [-0.25, -0.2) is 9.67 Å². The van der Waals surface area contributed by atoms with E-state index in [1.807, 2.05) is 24.4 Å². The molecule has 0 radical (unpaired) electrons. The van der Waals surface area contributed by atoms with Gasteiger partial charge in [-0.2, -0.15) is 5.10 Å². The van der Waals surface area contributed by atoms with Crippen molar-refractivity contribution >= 4 is 57.2 Å². The molecule has 0 unspecified atom stereocenters. The standard InChI is InChI=1S/C23H20ClN5O2S/c1-14-10-17(18-12-25-29(22(18)26-14)13-16-4-3-9-32-16)23(31)27-20-11-15(6-7-19(20)24)28-8-2-5-21(28)30/h3-4,6-7,9-12H,2,5,8,13H2,1H3,(H,27,31). The lowest BCUT2D eigenvalue weighted by atomic mass is 10.1. The maximum atomic E-state index is 13.2. The maximum Gasteiger partial charge on any atom is 0.256 e. The molecule has 162 valence electrons. The summed E-state index contributed by atoms with van der Waals surface area (Å²) in [6.45, 7) is 3.11. The van der Waals surface area contributed by atoms with Crippen LogP contribution in [-0.2, 0) is 11.3 Å². The third kappa shape index (κ3) is 3.87. The average Bonchev–Trinajstić information content (AvgIpc) is 3.52. The number of aryl methyl sites for hydroxylation is 1. The number of hydrogen-bond acceptors (Lipinski definition) is 5. The van der Waals surface area contributed by atoms with Crippen LogP contribution in [0.1, 0.15) is 33.8 Å². The van der Waals surface area contributed by atoms with Crippen LogP contribution in [0.2, 0.25) is 5.02 Å². The number of fused-ring (bicyclic) bond motifs is 1. The van der Waals surface area contributed by atoms with Crippen molar-refractivity contribution in [2.24, 2.45) is 0 Å². The second-order valence-electron chi connectivity index (χ2n) is 7.70. The van der Waals surface area contributed by atoms with Crippen molar-refractivity contribution in [3.63, 3.8) is 0 Å². The third-order valence-corrected chi connectivity index (χ3v) is 6.64. The number of aromatic nitrogens is 3. The number of anilines is 2. The molecule has 0 atom stereocenters. The smallest absolute Gasteiger partial charge is 0.256 e. The molecule has 7 nitrogen and oxygen atoms in total. The molecule has 0 saturated carbocycles. The first kappa shape index (κ1) is 20.7. The van der Waals surface area contributed by atoms with Crippen LogP contribution in [0.4, 0.5) is 11.4 Å². The summed E-state index contributed by atoms with van der Waals surface area (Å²) in [4.78, 5) is 32.8. The number of amides is 2. The Morgan fingerprint density at radius 2 is 2.16 bits per heavy atom. The molecule has 0 bridgehead atoms. The molecule has 1 aromatic carbocycles. The molecule has 4 heterocycles. The van der Waals surface area contributed by atoms with Crippen molar-refractivity contribution < 1.29 is 9.59 Å². The van der Waals surface area contributed by atoms with E-state index in [9.17, 15) is 9.59 Å². The number of pyridine rings is 1. The number of rotatable bonds is 5. The lowest BCUT2D eigenvalue weighted by Gasteiger charge is -2.17. The van der Waals surface area contributed by atoms with Gasteiger partial charge in [-0.3, -0.25) is 9.59 Å². The van der Waals surface area contributed by atoms with Crippen LogP contribution >= 0.6 is 22.9 Å². The minimum Gasteiger partial charge on any atom is -0.321 e. The fourth-order valence-corrected chi connectivity index (χ4v) is 4.76. The third-order valence-electron chi connectivity index (χ3n) is 5.45. The van der Waals surface area contributed by atoms with Crippen molar-refractivity contribution in [1.29, 1.82) is 0 Å². The van der Waals surface area contributed by atoms with Crippen molar-refractivity contribution in [2.75, 3.05) is 16.8 Å². The summed E-state index contributed by atoms with van der Waals surface area (Å²) in [5.74, 6) is -0.225. The van der Waals surface area contributed by atoms with E-state index in [-0.39, 0.29) is 11.8 Å². The van der Waals surface area contributed by atoms with E-state index in [1.165, 1.54) is 0 Å². The zero-order valence-electron chi connectivity index (χ0n) is 17.3. The van der Waals surface area contributed by atoms with Gasteiger partial charge in [0, 0.05) is 29.2 Å². The first-order valence-corrected chi connectivity index (χ1v) is 11.5. The zero-order valence-corrected chi connectivity index (χ0v) is 18.9. The Bertz CT molecular complexity index is 1330. The van der Waals surface area contributed by atoms with Gasteiger partial charge >= 0.3 is 0 Å². The number of nitrogens with zero attached hydrogens (tertiary/aromatic N) is 4. The maximum absolute atomic E-state index is 13.2. The first-order chi connectivity index (χ1) is 15.5. The number of thiophene rings is 1. The lowest BCUT2D eigenvalue weighted by Crippen LogP contribution is -2.24. The molecule has 5 rings (SSSR count).